The van der Waals surface area contributed by atoms with Gasteiger partial charge in [-0.15, -0.1) is 0 Å². The highest BCUT2D eigenvalue weighted by Gasteiger charge is 2.30. The molecular formula is C18H19N3O2S. The minimum absolute atomic E-state index is 0.277. The molecule has 0 aliphatic carbocycles. The Hall–Kier alpha value is -2.18. The molecule has 0 unspecified atom stereocenters. The first-order valence-corrected chi connectivity index (χ1v) is 9.58. The highest BCUT2D eigenvalue weighted by molar-refractivity contribution is 7.89. The third kappa shape index (κ3) is 2.72. The Labute approximate surface area is 141 Å². The van der Waals surface area contributed by atoms with Crippen LogP contribution in [0, 0.1) is 0 Å². The Kier molecular flexibility index (Phi) is 3.86. The third-order valence-electron chi connectivity index (χ3n) is 4.63. The summed E-state index contributed by atoms with van der Waals surface area (Å²) in [5.74, 6) is 1.24. The first kappa shape index (κ1) is 15.4. The second-order valence-corrected chi connectivity index (χ2v) is 8.07. The van der Waals surface area contributed by atoms with Crippen molar-refractivity contribution in [1.29, 1.82) is 0 Å². The van der Waals surface area contributed by atoms with Crippen LogP contribution in [0.3, 0.4) is 0 Å². The second-order valence-electron chi connectivity index (χ2n) is 6.13. The van der Waals surface area contributed by atoms with Gasteiger partial charge in [0, 0.05) is 19.0 Å². The zero-order valence-corrected chi connectivity index (χ0v) is 14.0. The van der Waals surface area contributed by atoms with Crippen LogP contribution in [0.15, 0.2) is 59.5 Å². The van der Waals surface area contributed by atoms with Gasteiger partial charge in [0.2, 0.25) is 10.0 Å². The molecule has 0 atom stereocenters. The maximum Gasteiger partial charge on any atom is 0.243 e. The Morgan fingerprint density at radius 1 is 0.958 bits per heavy atom. The van der Waals surface area contributed by atoms with Crippen molar-refractivity contribution >= 4 is 21.1 Å². The SMILES string of the molecule is O=S(=O)(c1ccccc1)N1CCC(c2nc3ccccc3[nH]2)CC1. The van der Waals surface area contributed by atoms with Crippen molar-refractivity contribution in [2.45, 2.75) is 23.7 Å². The van der Waals surface area contributed by atoms with Crippen molar-refractivity contribution < 1.29 is 8.42 Å². The molecule has 2 aromatic carbocycles. The number of hydrogen-bond donors (Lipinski definition) is 1. The van der Waals surface area contributed by atoms with Crippen molar-refractivity contribution in [2.75, 3.05) is 13.1 Å². The van der Waals surface area contributed by atoms with Crippen LogP contribution in [0.5, 0.6) is 0 Å². The van der Waals surface area contributed by atoms with Crippen LogP contribution in [0.25, 0.3) is 11.0 Å². The molecule has 5 nitrogen and oxygen atoms in total. The summed E-state index contributed by atoms with van der Waals surface area (Å²) in [4.78, 5) is 8.40. The molecular weight excluding hydrogens is 322 g/mol. The maximum atomic E-state index is 12.7. The molecule has 4 rings (SSSR count). The number of benzene rings is 2. The number of sulfonamides is 1. The molecule has 0 bridgehead atoms. The van der Waals surface area contributed by atoms with Crippen molar-refractivity contribution in [3.8, 4) is 0 Å². The number of aromatic amines is 1. The van der Waals surface area contributed by atoms with Crippen molar-refractivity contribution in [3.05, 3.63) is 60.4 Å². The van der Waals surface area contributed by atoms with E-state index in [-0.39, 0.29) is 5.92 Å². The summed E-state index contributed by atoms with van der Waals surface area (Å²) in [5, 5.41) is 0. The monoisotopic (exact) mass is 341 g/mol. The smallest absolute Gasteiger partial charge is 0.243 e. The summed E-state index contributed by atoms with van der Waals surface area (Å²) < 4.78 is 26.9. The summed E-state index contributed by atoms with van der Waals surface area (Å²) in [6.07, 6.45) is 1.57. The third-order valence-corrected chi connectivity index (χ3v) is 6.54. The van der Waals surface area contributed by atoms with Crippen LogP contribution >= 0.6 is 0 Å². The van der Waals surface area contributed by atoms with Gasteiger partial charge < -0.3 is 4.98 Å². The predicted octanol–water partition coefficient (Wildman–Crippen LogP) is 3.13. The lowest BCUT2D eigenvalue weighted by molar-refractivity contribution is 0.314. The molecule has 1 N–H and O–H groups in total. The minimum Gasteiger partial charge on any atom is -0.342 e. The molecule has 1 saturated heterocycles. The molecule has 1 aliphatic heterocycles. The van der Waals surface area contributed by atoms with Gasteiger partial charge >= 0.3 is 0 Å². The average molecular weight is 341 g/mol. The molecule has 0 amide bonds. The van der Waals surface area contributed by atoms with Gasteiger partial charge in [-0.3, -0.25) is 0 Å². The van der Waals surface area contributed by atoms with E-state index in [0.29, 0.717) is 18.0 Å². The zero-order chi connectivity index (χ0) is 16.6. The lowest BCUT2D eigenvalue weighted by Crippen LogP contribution is -2.38. The Morgan fingerprint density at radius 3 is 2.33 bits per heavy atom. The topological polar surface area (TPSA) is 66.1 Å². The molecule has 1 aromatic heterocycles. The highest BCUT2D eigenvalue weighted by Crippen LogP contribution is 2.30. The fraction of sp³-hybridized carbons (Fsp3) is 0.278. The normalized spacial score (nSPS) is 17.3. The van der Waals surface area contributed by atoms with Crippen LogP contribution in [0.2, 0.25) is 0 Å². The molecule has 1 fully saturated rings. The summed E-state index contributed by atoms with van der Waals surface area (Å²) in [7, 11) is -3.39. The highest BCUT2D eigenvalue weighted by atomic mass is 32.2. The number of nitrogens with one attached hydrogen (secondary N) is 1. The lowest BCUT2D eigenvalue weighted by Gasteiger charge is -2.30. The van der Waals surface area contributed by atoms with Crippen LogP contribution in [-0.4, -0.2) is 35.8 Å². The van der Waals surface area contributed by atoms with E-state index in [1.807, 2.05) is 30.3 Å². The molecule has 1 aliphatic rings. The standard InChI is InChI=1S/C18H19N3O2S/c22-24(23,15-6-2-1-3-7-15)21-12-10-14(11-13-21)18-19-16-8-4-5-9-17(16)20-18/h1-9,14H,10-13H2,(H,19,20). The number of piperidine rings is 1. The fourth-order valence-corrected chi connectivity index (χ4v) is 4.77. The maximum absolute atomic E-state index is 12.7. The molecule has 0 radical (unpaired) electrons. The molecule has 0 spiro atoms. The van der Waals surface area contributed by atoms with Gasteiger partial charge in [0.15, 0.2) is 0 Å². The Bertz CT molecular complexity index is 910. The van der Waals surface area contributed by atoms with E-state index in [1.54, 1.807) is 28.6 Å². The number of fused-ring (bicyclic) bond motifs is 1. The first-order chi connectivity index (χ1) is 11.6. The number of H-pyrrole nitrogens is 1. The molecule has 124 valence electrons. The van der Waals surface area contributed by atoms with Gasteiger partial charge in [0.1, 0.15) is 5.82 Å². The number of aromatic nitrogens is 2. The zero-order valence-electron chi connectivity index (χ0n) is 13.2. The van der Waals surface area contributed by atoms with Gasteiger partial charge in [-0.1, -0.05) is 30.3 Å². The van der Waals surface area contributed by atoms with E-state index in [2.05, 4.69) is 9.97 Å². The van der Waals surface area contributed by atoms with E-state index in [0.717, 1.165) is 29.7 Å². The van der Waals surface area contributed by atoms with Gasteiger partial charge in [0.25, 0.3) is 0 Å². The fourth-order valence-electron chi connectivity index (χ4n) is 3.28. The van der Waals surface area contributed by atoms with E-state index in [1.165, 1.54) is 0 Å². The first-order valence-electron chi connectivity index (χ1n) is 8.14. The number of para-hydroxylation sites is 2. The molecule has 3 aromatic rings. The number of hydrogen-bond acceptors (Lipinski definition) is 3. The second kappa shape index (κ2) is 6.03. The number of rotatable bonds is 3. The van der Waals surface area contributed by atoms with E-state index < -0.39 is 10.0 Å². The van der Waals surface area contributed by atoms with Gasteiger partial charge in [0.05, 0.1) is 15.9 Å². The van der Waals surface area contributed by atoms with E-state index in [9.17, 15) is 8.42 Å². The summed E-state index contributed by atoms with van der Waals surface area (Å²) in [6, 6.07) is 16.6. The van der Waals surface area contributed by atoms with Crippen molar-refractivity contribution in [2.24, 2.45) is 0 Å². The van der Waals surface area contributed by atoms with Gasteiger partial charge in [-0.2, -0.15) is 4.31 Å². The molecule has 0 saturated carbocycles. The van der Waals surface area contributed by atoms with Crippen LogP contribution in [-0.2, 0) is 10.0 Å². The number of imidazole rings is 1. The Balaban J connectivity index is 1.50. The molecule has 2 heterocycles. The van der Waals surface area contributed by atoms with Gasteiger partial charge in [-0.05, 0) is 37.1 Å². The van der Waals surface area contributed by atoms with Crippen LogP contribution in [0.4, 0.5) is 0 Å². The van der Waals surface area contributed by atoms with Crippen LogP contribution in [0.1, 0.15) is 24.6 Å². The largest absolute Gasteiger partial charge is 0.342 e. The summed E-state index contributed by atoms with van der Waals surface area (Å²) in [6.45, 7) is 1.05. The molecule has 24 heavy (non-hydrogen) atoms. The average Bonchev–Trinajstić information content (AvgIpc) is 3.07. The van der Waals surface area contributed by atoms with E-state index in [4.69, 9.17) is 0 Å². The Morgan fingerprint density at radius 2 is 1.62 bits per heavy atom. The number of nitrogens with zero attached hydrogens (tertiary/aromatic N) is 2. The van der Waals surface area contributed by atoms with Crippen molar-refractivity contribution in [3.63, 3.8) is 0 Å². The van der Waals surface area contributed by atoms with Crippen molar-refractivity contribution in [1.82, 2.24) is 14.3 Å². The summed E-state index contributed by atoms with van der Waals surface area (Å²) in [5.41, 5.74) is 2.00. The lowest BCUT2D eigenvalue weighted by atomic mass is 9.97. The minimum atomic E-state index is -3.39. The van der Waals surface area contributed by atoms with E-state index >= 15 is 0 Å². The summed E-state index contributed by atoms with van der Waals surface area (Å²) >= 11 is 0. The van der Waals surface area contributed by atoms with Gasteiger partial charge in [-0.25, -0.2) is 13.4 Å². The quantitative estimate of drug-likeness (QED) is 0.796. The van der Waals surface area contributed by atoms with Crippen LogP contribution < -0.4 is 0 Å². The molecule has 6 heteroatoms. The predicted molar refractivity (Wildman–Crippen MR) is 93.3 cm³/mol.